The average Bonchev–Trinajstić information content (AvgIpc) is 3.18. The summed E-state index contributed by atoms with van der Waals surface area (Å²) in [6.45, 7) is 2.14. The van der Waals surface area contributed by atoms with E-state index in [4.69, 9.17) is 4.42 Å². The monoisotopic (exact) mass is 272 g/mol. The largest absolute Gasteiger partial charge is 0.448 e. The zero-order chi connectivity index (χ0) is 13.5. The number of fused-ring (bicyclic) bond motifs is 1. The Morgan fingerprint density at radius 2 is 2.35 bits per heavy atom. The van der Waals surface area contributed by atoms with E-state index in [0.717, 1.165) is 42.9 Å². The number of nitrogens with one attached hydrogen (secondary N) is 1. The lowest BCUT2D eigenvalue weighted by Gasteiger charge is -2.26. The van der Waals surface area contributed by atoms with Gasteiger partial charge in [0, 0.05) is 25.4 Å². The third-order valence-electron chi connectivity index (χ3n) is 3.97. The number of rotatable bonds is 3. The zero-order valence-electron chi connectivity index (χ0n) is 11.1. The van der Waals surface area contributed by atoms with E-state index in [0.29, 0.717) is 24.9 Å². The standard InChI is InChI=1S/C14H16N4O2/c19-14-10-7-18(8-12-15-4-6-20-12)5-3-11(10)16-13(17-14)9-1-2-9/h4,6,9H,1-3,5,7-8H2,(H,16,17,19). The molecule has 2 aromatic heterocycles. The molecule has 2 aromatic rings. The van der Waals surface area contributed by atoms with Crippen molar-refractivity contribution in [2.75, 3.05) is 6.54 Å². The maximum Gasteiger partial charge on any atom is 0.255 e. The highest BCUT2D eigenvalue weighted by Gasteiger charge is 2.29. The number of hydrogen-bond donors (Lipinski definition) is 1. The molecule has 4 rings (SSSR count). The van der Waals surface area contributed by atoms with Crippen LogP contribution in [-0.4, -0.2) is 26.4 Å². The van der Waals surface area contributed by atoms with Crippen molar-refractivity contribution in [1.29, 1.82) is 0 Å². The maximum absolute atomic E-state index is 12.2. The maximum atomic E-state index is 12.2. The Morgan fingerprint density at radius 1 is 1.45 bits per heavy atom. The van der Waals surface area contributed by atoms with Crippen molar-refractivity contribution >= 4 is 0 Å². The molecule has 2 aliphatic rings. The summed E-state index contributed by atoms with van der Waals surface area (Å²) in [5, 5.41) is 0. The number of nitrogens with zero attached hydrogens (tertiary/aromatic N) is 3. The Hall–Kier alpha value is -1.95. The van der Waals surface area contributed by atoms with Crippen LogP contribution in [0.5, 0.6) is 0 Å². The van der Waals surface area contributed by atoms with E-state index in [2.05, 4.69) is 19.9 Å². The summed E-state index contributed by atoms with van der Waals surface area (Å²) in [5.41, 5.74) is 1.79. The van der Waals surface area contributed by atoms with Crippen LogP contribution in [0.2, 0.25) is 0 Å². The lowest BCUT2D eigenvalue weighted by molar-refractivity contribution is 0.218. The van der Waals surface area contributed by atoms with Crippen LogP contribution in [0.15, 0.2) is 21.7 Å². The molecule has 1 aliphatic carbocycles. The molecule has 0 unspecified atom stereocenters. The third kappa shape index (κ3) is 2.16. The average molecular weight is 272 g/mol. The van der Waals surface area contributed by atoms with Gasteiger partial charge in [0.05, 0.1) is 24.0 Å². The molecule has 0 radical (unpaired) electrons. The van der Waals surface area contributed by atoms with Crippen LogP contribution in [-0.2, 0) is 19.5 Å². The molecule has 0 amide bonds. The fourth-order valence-corrected chi connectivity index (χ4v) is 2.71. The SMILES string of the molecule is O=c1[nH]c(C2CC2)nc2c1CN(Cc1ncco1)CC2. The molecule has 0 atom stereocenters. The van der Waals surface area contributed by atoms with Crippen LogP contribution in [0.1, 0.15) is 41.7 Å². The van der Waals surface area contributed by atoms with Gasteiger partial charge in [-0.2, -0.15) is 0 Å². The Bertz CT molecular complexity index is 673. The van der Waals surface area contributed by atoms with E-state index in [1.807, 2.05) is 0 Å². The minimum atomic E-state index is 0.0222. The number of hydrogen-bond acceptors (Lipinski definition) is 5. The summed E-state index contributed by atoms with van der Waals surface area (Å²) in [4.78, 5) is 26.1. The molecule has 6 nitrogen and oxygen atoms in total. The molecule has 0 saturated heterocycles. The molecule has 20 heavy (non-hydrogen) atoms. The molecule has 3 heterocycles. The topological polar surface area (TPSA) is 75.0 Å². The van der Waals surface area contributed by atoms with E-state index in [-0.39, 0.29) is 5.56 Å². The number of H-pyrrole nitrogens is 1. The minimum absolute atomic E-state index is 0.0222. The molecule has 1 aliphatic heterocycles. The summed E-state index contributed by atoms with van der Waals surface area (Å²) in [7, 11) is 0. The van der Waals surface area contributed by atoms with E-state index in [1.54, 1.807) is 12.5 Å². The first kappa shape index (κ1) is 11.8. The highest BCUT2D eigenvalue weighted by Crippen LogP contribution is 2.37. The molecule has 1 N–H and O–H groups in total. The first-order valence-corrected chi connectivity index (χ1v) is 7.02. The van der Waals surface area contributed by atoms with Gasteiger partial charge in [-0.3, -0.25) is 9.69 Å². The lowest BCUT2D eigenvalue weighted by atomic mass is 10.1. The van der Waals surface area contributed by atoms with Crippen LogP contribution in [0.3, 0.4) is 0 Å². The van der Waals surface area contributed by atoms with Gasteiger partial charge >= 0.3 is 0 Å². The van der Waals surface area contributed by atoms with Crippen molar-refractivity contribution in [1.82, 2.24) is 19.9 Å². The number of aromatic amines is 1. The second-order valence-corrected chi connectivity index (χ2v) is 5.54. The van der Waals surface area contributed by atoms with Gasteiger partial charge in [0.25, 0.3) is 5.56 Å². The van der Waals surface area contributed by atoms with Crippen LogP contribution in [0, 0.1) is 0 Å². The molecular weight excluding hydrogens is 256 g/mol. The molecule has 0 bridgehead atoms. The van der Waals surface area contributed by atoms with Gasteiger partial charge in [-0.25, -0.2) is 9.97 Å². The van der Waals surface area contributed by atoms with E-state index in [9.17, 15) is 4.79 Å². The zero-order valence-corrected chi connectivity index (χ0v) is 11.1. The van der Waals surface area contributed by atoms with Crippen molar-refractivity contribution in [3.05, 3.63) is 45.8 Å². The van der Waals surface area contributed by atoms with Crippen molar-refractivity contribution in [3.63, 3.8) is 0 Å². The normalized spacial score (nSPS) is 19.0. The highest BCUT2D eigenvalue weighted by molar-refractivity contribution is 5.22. The summed E-state index contributed by atoms with van der Waals surface area (Å²) in [5.74, 6) is 2.06. The van der Waals surface area contributed by atoms with E-state index in [1.165, 1.54) is 0 Å². The van der Waals surface area contributed by atoms with Gasteiger partial charge in [0.15, 0.2) is 0 Å². The fourth-order valence-electron chi connectivity index (χ4n) is 2.71. The molecule has 0 aromatic carbocycles. The molecule has 104 valence electrons. The highest BCUT2D eigenvalue weighted by atomic mass is 16.3. The van der Waals surface area contributed by atoms with Crippen LogP contribution in [0.25, 0.3) is 0 Å². The first-order valence-electron chi connectivity index (χ1n) is 7.02. The third-order valence-corrected chi connectivity index (χ3v) is 3.97. The van der Waals surface area contributed by atoms with E-state index >= 15 is 0 Å². The minimum Gasteiger partial charge on any atom is -0.448 e. The Morgan fingerprint density at radius 3 is 3.10 bits per heavy atom. The van der Waals surface area contributed by atoms with E-state index < -0.39 is 0 Å². The predicted molar refractivity (Wildman–Crippen MR) is 71.2 cm³/mol. The van der Waals surface area contributed by atoms with Gasteiger partial charge in [-0.1, -0.05) is 0 Å². The second kappa shape index (κ2) is 4.56. The summed E-state index contributed by atoms with van der Waals surface area (Å²) >= 11 is 0. The van der Waals surface area contributed by atoms with Gasteiger partial charge in [0.1, 0.15) is 12.1 Å². The number of oxazole rings is 1. The molecule has 1 saturated carbocycles. The second-order valence-electron chi connectivity index (χ2n) is 5.54. The van der Waals surface area contributed by atoms with Crippen molar-refractivity contribution < 1.29 is 4.42 Å². The Labute approximate surface area is 115 Å². The smallest absolute Gasteiger partial charge is 0.255 e. The Balaban J connectivity index is 1.58. The molecular formula is C14H16N4O2. The van der Waals surface area contributed by atoms with Crippen molar-refractivity contribution in [2.45, 2.75) is 38.3 Å². The summed E-state index contributed by atoms with van der Waals surface area (Å²) in [6.07, 6.45) is 6.34. The molecule has 6 heteroatoms. The summed E-state index contributed by atoms with van der Waals surface area (Å²) in [6, 6.07) is 0. The lowest BCUT2D eigenvalue weighted by Crippen LogP contribution is -2.35. The van der Waals surface area contributed by atoms with Crippen LogP contribution < -0.4 is 5.56 Å². The first-order chi connectivity index (χ1) is 9.79. The van der Waals surface area contributed by atoms with Gasteiger partial charge in [-0.15, -0.1) is 0 Å². The van der Waals surface area contributed by atoms with Crippen LogP contribution in [0.4, 0.5) is 0 Å². The van der Waals surface area contributed by atoms with Crippen molar-refractivity contribution in [3.8, 4) is 0 Å². The fraction of sp³-hybridized carbons (Fsp3) is 0.500. The Kier molecular flexibility index (Phi) is 2.70. The van der Waals surface area contributed by atoms with Crippen molar-refractivity contribution in [2.24, 2.45) is 0 Å². The number of aromatic nitrogens is 3. The van der Waals surface area contributed by atoms with Gasteiger partial charge in [0.2, 0.25) is 5.89 Å². The van der Waals surface area contributed by atoms with Crippen LogP contribution >= 0.6 is 0 Å². The summed E-state index contributed by atoms with van der Waals surface area (Å²) < 4.78 is 5.26. The van der Waals surface area contributed by atoms with Gasteiger partial charge < -0.3 is 9.40 Å². The van der Waals surface area contributed by atoms with Gasteiger partial charge in [-0.05, 0) is 12.8 Å². The molecule has 0 spiro atoms. The predicted octanol–water partition coefficient (Wildman–Crippen LogP) is 1.19. The quantitative estimate of drug-likeness (QED) is 0.908. The molecule has 1 fully saturated rings.